The Bertz CT molecular complexity index is 990. The molecule has 0 amide bonds. The highest BCUT2D eigenvalue weighted by atomic mass is 28.4. The van der Waals surface area contributed by atoms with Gasteiger partial charge in [0.15, 0.2) is 0 Å². The van der Waals surface area contributed by atoms with Gasteiger partial charge in [0.25, 0.3) is 0 Å². The van der Waals surface area contributed by atoms with Crippen molar-refractivity contribution in [3.63, 3.8) is 0 Å². The standard InChI is InChI=1S/C24H24N4O4Si/c25-17-1-9-21(10-2-17)29-33(30-22-11-3-18(26)4-12-22,31-23-13-5-19(27)6-14-23)32-24-15-7-20(28)8-16-24/h1-16H,25-28H2. The van der Waals surface area contributed by atoms with Crippen molar-refractivity contribution in [1.82, 2.24) is 0 Å². The molecule has 0 aliphatic carbocycles. The Kier molecular flexibility index (Phi) is 6.14. The van der Waals surface area contributed by atoms with Crippen LogP contribution in [0, 0.1) is 0 Å². The molecule has 0 saturated carbocycles. The molecule has 0 spiro atoms. The van der Waals surface area contributed by atoms with Crippen molar-refractivity contribution in [2.24, 2.45) is 0 Å². The van der Waals surface area contributed by atoms with Crippen molar-refractivity contribution in [3.05, 3.63) is 97.1 Å². The van der Waals surface area contributed by atoms with Crippen LogP contribution in [-0.2, 0) is 0 Å². The van der Waals surface area contributed by atoms with Crippen molar-refractivity contribution in [1.29, 1.82) is 0 Å². The predicted molar refractivity (Wildman–Crippen MR) is 132 cm³/mol. The van der Waals surface area contributed by atoms with Crippen LogP contribution in [0.4, 0.5) is 22.7 Å². The molecule has 0 unspecified atom stereocenters. The molecule has 4 aromatic carbocycles. The zero-order valence-electron chi connectivity index (χ0n) is 17.7. The van der Waals surface area contributed by atoms with Crippen LogP contribution in [-0.4, -0.2) is 9.05 Å². The molecule has 0 fully saturated rings. The summed E-state index contributed by atoms with van der Waals surface area (Å²) in [7, 11) is -3.99. The van der Waals surface area contributed by atoms with Gasteiger partial charge in [-0.05, 0) is 97.1 Å². The van der Waals surface area contributed by atoms with Crippen LogP contribution >= 0.6 is 0 Å². The number of hydrogen-bond acceptors (Lipinski definition) is 8. The minimum absolute atomic E-state index is 0.456. The van der Waals surface area contributed by atoms with Crippen LogP contribution in [0.5, 0.6) is 23.0 Å². The quantitative estimate of drug-likeness (QED) is 0.228. The second-order valence-electron chi connectivity index (χ2n) is 7.18. The Morgan fingerprint density at radius 2 is 0.515 bits per heavy atom. The smallest absolute Gasteiger partial charge is 0.452 e. The third-order valence-electron chi connectivity index (χ3n) is 4.49. The largest absolute Gasteiger partial charge is 0.966 e. The monoisotopic (exact) mass is 460 g/mol. The number of nitrogen functional groups attached to an aromatic ring is 4. The molecule has 168 valence electrons. The Balaban J connectivity index is 1.77. The van der Waals surface area contributed by atoms with Crippen molar-refractivity contribution < 1.29 is 17.7 Å². The molecule has 9 heteroatoms. The van der Waals surface area contributed by atoms with Crippen LogP contribution in [0.2, 0.25) is 0 Å². The van der Waals surface area contributed by atoms with Gasteiger partial charge in [-0.15, -0.1) is 0 Å². The van der Waals surface area contributed by atoms with E-state index in [-0.39, 0.29) is 0 Å². The van der Waals surface area contributed by atoms with E-state index in [0.29, 0.717) is 45.7 Å². The molecule has 0 heterocycles. The second kappa shape index (κ2) is 9.33. The summed E-state index contributed by atoms with van der Waals surface area (Å²) >= 11 is 0. The first-order chi connectivity index (χ1) is 15.9. The summed E-state index contributed by atoms with van der Waals surface area (Å²) in [6.07, 6.45) is 0. The summed E-state index contributed by atoms with van der Waals surface area (Å²) in [6, 6.07) is 27.4. The maximum absolute atomic E-state index is 6.28. The van der Waals surface area contributed by atoms with Crippen LogP contribution in [0.25, 0.3) is 0 Å². The molecule has 0 aliphatic heterocycles. The first-order valence-corrected chi connectivity index (χ1v) is 11.7. The Morgan fingerprint density at radius 1 is 0.333 bits per heavy atom. The molecule has 33 heavy (non-hydrogen) atoms. The van der Waals surface area contributed by atoms with E-state index < -0.39 is 9.05 Å². The van der Waals surface area contributed by atoms with E-state index in [0.717, 1.165) is 0 Å². The minimum atomic E-state index is -3.99. The molecule has 0 radical (unpaired) electrons. The minimum Gasteiger partial charge on any atom is -0.452 e. The highest BCUT2D eigenvalue weighted by molar-refractivity contribution is 6.57. The second-order valence-corrected chi connectivity index (χ2v) is 9.00. The van der Waals surface area contributed by atoms with Crippen LogP contribution in [0.3, 0.4) is 0 Å². The van der Waals surface area contributed by atoms with Gasteiger partial charge >= 0.3 is 9.05 Å². The van der Waals surface area contributed by atoms with Gasteiger partial charge in [-0.3, -0.25) is 0 Å². The normalized spacial score (nSPS) is 10.9. The number of benzene rings is 4. The summed E-state index contributed by atoms with van der Waals surface area (Å²) < 4.78 is 25.1. The maximum atomic E-state index is 6.28. The summed E-state index contributed by atoms with van der Waals surface area (Å²) in [5, 5.41) is 0. The van der Waals surface area contributed by atoms with Crippen molar-refractivity contribution in [3.8, 4) is 23.0 Å². The highest BCUT2D eigenvalue weighted by Gasteiger charge is 2.58. The average Bonchev–Trinajstić information content (AvgIpc) is 2.80. The Morgan fingerprint density at radius 3 is 0.697 bits per heavy atom. The molecule has 0 bridgehead atoms. The van der Waals surface area contributed by atoms with Crippen LogP contribution in [0.15, 0.2) is 97.1 Å². The van der Waals surface area contributed by atoms with Crippen molar-refractivity contribution >= 4 is 31.8 Å². The van der Waals surface area contributed by atoms with Crippen LogP contribution in [0.1, 0.15) is 0 Å². The molecular weight excluding hydrogens is 436 g/mol. The van der Waals surface area contributed by atoms with Gasteiger partial charge in [-0.2, -0.15) is 0 Å². The fourth-order valence-electron chi connectivity index (χ4n) is 2.85. The van der Waals surface area contributed by atoms with E-state index in [1.807, 2.05) is 0 Å². The van der Waals surface area contributed by atoms with Crippen LogP contribution < -0.4 is 40.6 Å². The number of hydrogen-bond donors (Lipinski definition) is 4. The van der Waals surface area contributed by atoms with Gasteiger partial charge in [-0.1, -0.05) is 0 Å². The van der Waals surface area contributed by atoms with Gasteiger partial charge in [0.1, 0.15) is 23.0 Å². The third-order valence-corrected chi connectivity index (χ3v) is 6.43. The lowest BCUT2D eigenvalue weighted by atomic mass is 10.3. The molecule has 8 nitrogen and oxygen atoms in total. The maximum Gasteiger partial charge on any atom is 0.966 e. The molecule has 4 aromatic rings. The molecule has 0 aromatic heterocycles. The van der Waals surface area contributed by atoms with E-state index in [4.69, 9.17) is 40.6 Å². The zero-order valence-corrected chi connectivity index (χ0v) is 18.7. The van der Waals surface area contributed by atoms with Crippen molar-refractivity contribution in [2.75, 3.05) is 22.9 Å². The summed E-state index contributed by atoms with van der Waals surface area (Å²) in [5.74, 6) is 1.82. The summed E-state index contributed by atoms with van der Waals surface area (Å²) in [4.78, 5) is 0. The Labute approximate surface area is 192 Å². The Hall–Kier alpha value is -4.50. The SMILES string of the molecule is Nc1ccc(O[Si](Oc2ccc(N)cc2)(Oc2ccc(N)cc2)Oc2ccc(N)cc2)cc1. The molecule has 8 N–H and O–H groups in total. The molecule has 0 aliphatic rings. The summed E-state index contributed by atoms with van der Waals surface area (Å²) in [5.41, 5.74) is 25.7. The predicted octanol–water partition coefficient (Wildman–Crippen LogP) is 4.07. The lowest BCUT2D eigenvalue weighted by Gasteiger charge is -2.28. The topological polar surface area (TPSA) is 141 Å². The first kappa shape index (κ1) is 21.7. The van der Waals surface area contributed by atoms with Gasteiger partial charge in [-0.25, -0.2) is 0 Å². The van der Waals surface area contributed by atoms with E-state index in [2.05, 4.69) is 0 Å². The van der Waals surface area contributed by atoms with E-state index in [1.54, 1.807) is 97.1 Å². The van der Waals surface area contributed by atoms with E-state index >= 15 is 0 Å². The van der Waals surface area contributed by atoms with Gasteiger partial charge in [0, 0.05) is 22.7 Å². The molecule has 4 rings (SSSR count). The molecular formula is C24H24N4O4Si. The lowest BCUT2D eigenvalue weighted by Crippen LogP contribution is -2.60. The fraction of sp³-hybridized carbons (Fsp3) is 0. The lowest BCUT2D eigenvalue weighted by molar-refractivity contribution is 0.161. The number of anilines is 4. The zero-order chi connectivity index (χ0) is 23.3. The van der Waals surface area contributed by atoms with Gasteiger partial charge < -0.3 is 40.6 Å². The van der Waals surface area contributed by atoms with Gasteiger partial charge in [0.2, 0.25) is 0 Å². The average molecular weight is 461 g/mol. The number of rotatable bonds is 8. The third kappa shape index (κ3) is 5.80. The number of nitrogens with two attached hydrogens (primary N) is 4. The van der Waals surface area contributed by atoms with E-state index in [1.165, 1.54) is 0 Å². The van der Waals surface area contributed by atoms with E-state index in [9.17, 15) is 0 Å². The summed E-state index contributed by atoms with van der Waals surface area (Å²) in [6.45, 7) is 0. The first-order valence-electron chi connectivity index (χ1n) is 10.1. The fourth-order valence-corrected chi connectivity index (χ4v) is 4.79. The van der Waals surface area contributed by atoms with Gasteiger partial charge in [0.05, 0.1) is 0 Å². The van der Waals surface area contributed by atoms with Crippen molar-refractivity contribution in [2.45, 2.75) is 0 Å². The molecule has 0 atom stereocenters. The molecule has 0 saturated heterocycles. The highest BCUT2D eigenvalue weighted by Crippen LogP contribution is 2.28.